The summed E-state index contributed by atoms with van der Waals surface area (Å²) in [4.78, 5) is 2.23. The molecule has 0 amide bonds. The fourth-order valence-electron chi connectivity index (χ4n) is 3.16. The van der Waals surface area contributed by atoms with Crippen molar-refractivity contribution >= 4 is 23.1 Å². The third kappa shape index (κ3) is 2.85. The molecular formula is C15H22ClN3O. The van der Waals surface area contributed by atoms with Gasteiger partial charge >= 0.3 is 0 Å². The first-order chi connectivity index (χ1) is 9.56. The van der Waals surface area contributed by atoms with Gasteiger partial charge in [0, 0.05) is 18.8 Å². The molecule has 3 N–H and O–H groups in total. The Labute approximate surface area is 125 Å². The molecule has 1 aromatic carbocycles. The topological polar surface area (TPSA) is 61.8 Å². The Hall–Kier alpha value is -1.42. The van der Waals surface area contributed by atoms with E-state index in [0.717, 1.165) is 5.69 Å². The van der Waals surface area contributed by atoms with Gasteiger partial charge < -0.3 is 15.8 Å². The van der Waals surface area contributed by atoms with E-state index in [-0.39, 0.29) is 5.84 Å². The van der Waals surface area contributed by atoms with Crippen LogP contribution in [0.2, 0.25) is 5.02 Å². The molecule has 0 radical (unpaired) electrons. The molecule has 1 aromatic rings. The zero-order chi connectivity index (χ0) is 14.7. The number of nitrogens with two attached hydrogens (primary N) is 1. The smallest absolute Gasteiger partial charge is 0.173 e. The van der Waals surface area contributed by atoms with Gasteiger partial charge in [-0.3, -0.25) is 0 Å². The van der Waals surface area contributed by atoms with E-state index >= 15 is 0 Å². The van der Waals surface area contributed by atoms with Gasteiger partial charge in [-0.1, -0.05) is 42.6 Å². The molecule has 110 valence electrons. The molecule has 0 spiro atoms. The molecule has 1 aliphatic carbocycles. The van der Waals surface area contributed by atoms with Crippen LogP contribution in [0.3, 0.4) is 0 Å². The van der Waals surface area contributed by atoms with Crippen molar-refractivity contribution in [2.24, 2.45) is 16.8 Å². The summed E-state index contributed by atoms with van der Waals surface area (Å²) in [6, 6.07) is 6.10. The summed E-state index contributed by atoms with van der Waals surface area (Å²) in [6.07, 6.45) is 4.96. The number of rotatable bonds is 3. The van der Waals surface area contributed by atoms with Crippen molar-refractivity contribution in [1.82, 2.24) is 0 Å². The largest absolute Gasteiger partial charge is 0.409 e. The molecule has 2 unspecified atom stereocenters. The summed E-state index contributed by atoms with van der Waals surface area (Å²) >= 11 is 6.22. The molecule has 0 saturated heterocycles. The van der Waals surface area contributed by atoms with Crippen LogP contribution in [0.1, 0.15) is 38.2 Å². The van der Waals surface area contributed by atoms with Crippen LogP contribution in [0.15, 0.2) is 23.4 Å². The van der Waals surface area contributed by atoms with E-state index in [2.05, 4.69) is 24.0 Å². The van der Waals surface area contributed by atoms with E-state index in [1.165, 1.54) is 25.7 Å². The number of nitrogens with zero attached hydrogens (tertiary/aromatic N) is 2. The van der Waals surface area contributed by atoms with Gasteiger partial charge in [0.05, 0.1) is 10.6 Å². The van der Waals surface area contributed by atoms with Gasteiger partial charge in [-0.15, -0.1) is 0 Å². The van der Waals surface area contributed by atoms with Gasteiger partial charge in [-0.25, -0.2) is 0 Å². The first-order valence-corrected chi connectivity index (χ1v) is 7.43. The molecule has 2 rings (SSSR count). The first kappa shape index (κ1) is 15.0. The van der Waals surface area contributed by atoms with Crippen LogP contribution in [-0.2, 0) is 0 Å². The lowest BCUT2D eigenvalue weighted by Gasteiger charge is -2.38. The highest BCUT2D eigenvalue weighted by atomic mass is 35.5. The number of anilines is 1. The zero-order valence-electron chi connectivity index (χ0n) is 12.0. The first-order valence-electron chi connectivity index (χ1n) is 7.05. The highest BCUT2D eigenvalue weighted by molar-refractivity contribution is 6.34. The maximum Gasteiger partial charge on any atom is 0.173 e. The molecule has 0 heterocycles. The van der Waals surface area contributed by atoms with E-state index in [0.29, 0.717) is 22.5 Å². The summed E-state index contributed by atoms with van der Waals surface area (Å²) in [5.74, 6) is 0.689. The summed E-state index contributed by atoms with van der Waals surface area (Å²) < 4.78 is 0. The minimum absolute atomic E-state index is 0.0564. The van der Waals surface area contributed by atoms with Crippen LogP contribution in [0.25, 0.3) is 0 Å². The van der Waals surface area contributed by atoms with Crippen molar-refractivity contribution in [2.45, 2.75) is 38.6 Å². The van der Waals surface area contributed by atoms with E-state index in [1.54, 1.807) is 6.07 Å². The number of hydrogen-bond donors (Lipinski definition) is 2. The Morgan fingerprint density at radius 1 is 1.40 bits per heavy atom. The predicted molar refractivity (Wildman–Crippen MR) is 83.8 cm³/mol. The van der Waals surface area contributed by atoms with Crippen LogP contribution >= 0.6 is 11.6 Å². The Bertz CT molecular complexity index is 504. The lowest BCUT2D eigenvalue weighted by Crippen LogP contribution is -2.40. The number of hydrogen-bond acceptors (Lipinski definition) is 3. The Kier molecular flexibility index (Phi) is 4.76. The van der Waals surface area contributed by atoms with E-state index in [4.69, 9.17) is 22.5 Å². The van der Waals surface area contributed by atoms with Gasteiger partial charge in [0.25, 0.3) is 0 Å². The standard InChI is InChI=1S/C15H22ClN3O/c1-10-6-3-4-8-12(10)19(2)13-9-5-7-11(16)14(13)15(17)18-20/h5,7,9-10,12,20H,3-4,6,8H2,1-2H3,(H2,17,18). The monoisotopic (exact) mass is 295 g/mol. The van der Waals surface area contributed by atoms with Gasteiger partial charge in [-0.2, -0.15) is 0 Å². The Morgan fingerprint density at radius 2 is 2.10 bits per heavy atom. The molecule has 0 aromatic heterocycles. The molecule has 2 atom stereocenters. The second-order valence-corrected chi connectivity index (χ2v) is 5.97. The molecule has 0 aliphatic heterocycles. The second kappa shape index (κ2) is 6.35. The molecule has 1 aliphatic rings. The van der Waals surface area contributed by atoms with Gasteiger partial charge in [0.15, 0.2) is 5.84 Å². The summed E-state index contributed by atoms with van der Waals surface area (Å²) in [7, 11) is 2.06. The maximum absolute atomic E-state index is 8.97. The van der Waals surface area contributed by atoms with E-state index in [9.17, 15) is 0 Å². The lowest BCUT2D eigenvalue weighted by atomic mass is 9.84. The van der Waals surface area contributed by atoms with Gasteiger partial charge in [0.2, 0.25) is 0 Å². The van der Waals surface area contributed by atoms with Crippen LogP contribution in [0.4, 0.5) is 5.69 Å². The van der Waals surface area contributed by atoms with E-state index < -0.39 is 0 Å². The highest BCUT2D eigenvalue weighted by Crippen LogP contribution is 2.34. The lowest BCUT2D eigenvalue weighted by molar-refractivity contribution is 0.318. The van der Waals surface area contributed by atoms with Crippen molar-refractivity contribution in [3.8, 4) is 0 Å². The fourth-order valence-corrected chi connectivity index (χ4v) is 3.43. The van der Waals surface area contributed by atoms with Crippen LogP contribution in [0.5, 0.6) is 0 Å². The zero-order valence-corrected chi connectivity index (χ0v) is 12.8. The molecule has 0 bridgehead atoms. The van der Waals surface area contributed by atoms with E-state index in [1.807, 2.05) is 12.1 Å². The normalized spacial score (nSPS) is 23.6. The van der Waals surface area contributed by atoms with Crippen molar-refractivity contribution < 1.29 is 5.21 Å². The fraction of sp³-hybridized carbons (Fsp3) is 0.533. The maximum atomic E-state index is 8.97. The molecule has 5 heteroatoms. The third-order valence-electron chi connectivity index (χ3n) is 4.30. The summed E-state index contributed by atoms with van der Waals surface area (Å²) in [6.45, 7) is 2.29. The summed E-state index contributed by atoms with van der Waals surface area (Å²) in [5, 5.41) is 12.6. The van der Waals surface area contributed by atoms with Crippen molar-refractivity contribution in [3.63, 3.8) is 0 Å². The highest BCUT2D eigenvalue weighted by Gasteiger charge is 2.27. The Morgan fingerprint density at radius 3 is 2.75 bits per heavy atom. The van der Waals surface area contributed by atoms with Crippen molar-refractivity contribution in [1.29, 1.82) is 0 Å². The molecule has 1 saturated carbocycles. The summed E-state index contributed by atoms with van der Waals surface area (Å²) in [5.41, 5.74) is 7.32. The minimum Gasteiger partial charge on any atom is -0.409 e. The molecule has 4 nitrogen and oxygen atoms in total. The van der Waals surface area contributed by atoms with Crippen LogP contribution in [-0.4, -0.2) is 24.1 Å². The predicted octanol–water partition coefficient (Wildman–Crippen LogP) is 3.45. The molecular weight excluding hydrogens is 274 g/mol. The van der Waals surface area contributed by atoms with Crippen molar-refractivity contribution in [2.75, 3.05) is 11.9 Å². The average Bonchev–Trinajstić information content (AvgIpc) is 2.46. The quantitative estimate of drug-likeness (QED) is 0.388. The molecule has 20 heavy (non-hydrogen) atoms. The number of halogens is 1. The average molecular weight is 296 g/mol. The van der Waals surface area contributed by atoms with Crippen LogP contribution < -0.4 is 10.6 Å². The minimum atomic E-state index is 0.0564. The van der Waals surface area contributed by atoms with Gasteiger partial charge in [0.1, 0.15) is 0 Å². The third-order valence-corrected chi connectivity index (χ3v) is 4.61. The Balaban J connectivity index is 2.39. The van der Waals surface area contributed by atoms with Gasteiger partial charge in [-0.05, 0) is 30.9 Å². The number of oxime groups is 1. The van der Waals surface area contributed by atoms with Crippen molar-refractivity contribution in [3.05, 3.63) is 28.8 Å². The SMILES string of the molecule is CC1CCCCC1N(C)c1cccc(Cl)c1C(N)=NO. The molecule has 1 fully saturated rings. The number of benzene rings is 1. The number of amidine groups is 1. The van der Waals surface area contributed by atoms with Crippen LogP contribution in [0, 0.1) is 5.92 Å². The second-order valence-electron chi connectivity index (χ2n) is 5.56.